The van der Waals surface area contributed by atoms with Gasteiger partial charge in [-0.3, -0.25) is 0 Å². The summed E-state index contributed by atoms with van der Waals surface area (Å²) in [6.45, 7) is 7.21. The Hall–Kier alpha value is -0.0400. The summed E-state index contributed by atoms with van der Waals surface area (Å²) in [5.41, 5.74) is 0.637. The molecule has 92 valence electrons. The highest BCUT2D eigenvalue weighted by atomic mass is 16.3. The summed E-state index contributed by atoms with van der Waals surface area (Å²) >= 11 is 0. The van der Waals surface area contributed by atoms with Gasteiger partial charge >= 0.3 is 0 Å². The summed E-state index contributed by atoms with van der Waals surface area (Å²) in [4.78, 5) is 0. The van der Waals surface area contributed by atoms with Crippen LogP contribution in [0.4, 0.5) is 0 Å². The third-order valence-electron chi connectivity index (χ3n) is 6.11. The summed E-state index contributed by atoms with van der Waals surface area (Å²) in [5, 5.41) is 11.0. The van der Waals surface area contributed by atoms with Gasteiger partial charge in [-0.05, 0) is 61.2 Å². The fraction of sp³-hybridized carbons (Fsp3) is 1.00. The molecule has 0 amide bonds. The second kappa shape index (κ2) is 3.04. The largest absolute Gasteiger partial charge is 0.390 e. The zero-order valence-corrected chi connectivity index (χ0v) is 11.1. The standard InChI is InChI=1S/C15H26O/c1-13(2)9-12-11(13)5-8-14(3)6-4-7-15(12,16)10-14/h11-12,16H,4-10H2,1-3H3/t11-,12?,14+,15-/m1/s1. The number of hydrogen-bond acceptors (Lipinski definition) is 1. The van der Waals surface area contributed by atoms with E-state index in [0.29, 0.717) is 16.7 Å². The van der Waals surface area contributed by atoms with Gasteiger partial charge in [0, 0.05) is 0 Å². The number of fused-ring (bicyclic) bond motifs is 4. The van der Waals surface area contributed by atoms with Crippen LogP contribution in [0.2, 0.25) is 0 Å². The normalized spacial score (nSPS) is 54.8. The molecule has 4 atom stereocenters. The molecular formula is C15H26O. The fourth-order valence-electron chi connectivity index (χ4n) is 5.17. The van der Waals surface area contributed by atoms with E-state index < -0.39 is 0 Å². The van der Waals surface area contributed by atoms with Gasteiger partial charge in [0.15, 0.2) is 0 Å². The lowest BCUT2D eigenvalue weighted by atomic mass is 9.49. The Kier molecular flexibility index (Phi) is 2.11. The lowest BCUT2D eigenvalue weighted by molar-refractivity contribution is -0.161. The summed E-state index contributed by atoms with van der Waals surface area (Å²) in [6, 6.07) is 0. The molecule has 3 fully saturated rings. The van der Waals surface area contributed by atoms with E-state index in [1.165, 1.54) is 32.1 Å². The zero-order valence-electron chi connectivity index (χ0n) is 11.1. The van der Waals surface area contributed by atoms with Crippen LogP contribution in [0.3, 0.4) is 0 Å². The zero-order chi connectivity index (χ0) is 11.6. The van der Waals surface area contributed by atoms with Crippen molar-refractivity contribution in [2.24, 2.45) is 22.7 Å². The molecule has 0 aromatic heterocycles. The molecule has 0 saturated heterocycles. The molecule has 1 N–H and O–H groups in total. The van der Waals surface area contributed by atoms with Crippen LogP contribution in [0.15, 0.2) is 0 Å². The summed E-state index contributed by atoms with van der Waals surface area (Å²) in [5.74, 6) is 1.40. The molecular weight excluding hydrogens is 196 g/mol. The number of rotatable bonds is 0. The second-order valence-electron chi connectivity index (χ2n) is 7.89. The van der Waals surface area contributed by atoms with Crippen molar-refractivity contribution in [2.45, 2.75) is 71.3 Å². The maximum atomic E-state index is 11.0. The first-order valence-corrected chi connectivity index (χ1v) is 7.07. The van der Waals surface area contributed by atoms with Crippen LogP contribution in [0, 0.1) is 22.7 Å². The molecule has 0 radical (unpaired) electrons. The molecule has 3 saturated carbocycles. The van der Waals surface area contributed by atoms with Gasteiger partial charge in [0.2, 0.25) is 0 Å². The van der Waals surface area contributed by atoms with E-state index in [-0.39, 0.29) is 5.60 Å². The molecule has 2 bridgehead atoms. The van der Waals surface area contributed by atoms with Gasteiger partial charge < -0.3 is 5.11 Å². The number of hydrogen-bond donors (Lipinski definition) is 1. The van der Waals surface area contributed by atoms with Gasteiger partial charge in [-0.15, -0.1) is 0 Å². The molecule has 0 aromatic rings. The first kappa shape index (κ1) is 11.1. The molecule has 1 nitrogen and oxygen atoms in total. The molecule has 0 heterocycles. The van der Waals surface area contributed by atoms with Crippen molar-refractivity contribution in [3.63, 3.8) is 0 Å². The quantitative estimate of drug-likeness (QED) is 0.662. The fourth-order valence-corrected chi connectivity index (χ4v) is 5.17. The van der Waals surface area contributed by atoms with E-state index >= 15 is 0 Å². The smallest absolute Gasteiger partial charge is 0.0684 e. The van der Waals surface area contributed by atoms with Gasteiger partial charge in [-0.1, -0.05) is 27.2 Å². The first-order valence-electron chi connectivity index (χ1n) is 7.07. The summed E-state index contributed by atoms with van der Waals surface area (Å²) in [7, 11) is 0. The molecule has 3 rings (SSSR count). The maximum absolute atomic E-state index is 11.0. The summed E-state index contributed by atoms with van der Waals surface area (Å²) in [6.07, 6.45) is 8.70. The third kappa shape index (κ3) is 1.40. The lowest BCUT2D eigenvalue weighted by Crippen LogP contribution is -2.56. The highest BCUT2D eigenvalue weighted by Gasteiger charge is 2.59. The van der Waals surface area contributed by atoms with Gasteiger partial charge in [-0.25, -0.2) is 0 Å². The number of aliphatic hydroxyl groups is 1. The van der Waals surface area contributed by atoms with E-state index in [0.717, 1.165) is 18.8 Å². The van der Waals surface area contributed by atoms with E-state index in [1.807, 2.05) is 0 Å². The average molecular weight is 222 g/mol. The van der Waals surface area contributed by atoms with Gasteiger partial charge in [-0.2, -0.15) is 0 Å². The molecule has 1 heteroatoms. The Bertz CT molecular complexity index is 309. The Morgan fingerprint density at radius 1 is 1.00 bits per heavy atom. The summed E-state index contributed by atoms with van der Waals surface area (Å²) < 4.78 is 0. The minimum absolute atomic E-state index is 0.302. The van der Waals surface area contributed by atoms with Crippen molar-refractivity contribution in [1.29, 1.82) is 0 Å². The Balaban J connectivity index is 1.92. The van der Waals surface area contributed by atoms with Crippen LogP contribution >= 0.6 is 0 Å². The average Bonchev–Trinajstić information content (AvgIpc) is 2.19. The Morgan fingerprint density at radius 2 is 1.75 bits per heavy atom. The third-order valence-corrected chi connectivity index (χ3v) is 6.11. The molecule has 3 aliphatic carbocycles. The van der Waals surface area contributed by atoms with Crippen molar-refractivity contribution >= 4 is 0 Å². The van der Waals surface area contributed by atoms with E-state index in [1.54, 1.807) is 0 Å². The monoisotopic (exact) mass is 222 g/mol. The van der Waals surface area contributed by atoms with Gasteiger partial charge in [0.25, 0.3) is 0 Å². The Labute approximate surface area is 99.6 Å². The molecule has 1 unspecified atom stereocenters. The lowest BCUT2D eigenvalue weighted by Gasteiger charge is -2.58. The van der Waals surface area contributed by atoms with Crippen LogP contribution in [0.5, 0.6) is 0 Å². The first-order chi connectivity index (χ1) is 7.35. The van der Waals surface area contributed by atoms with E-state index in [9.17, 15) is 5.11 Å². The minimum atomic E-state index is -0.302. The van der Waals surface area contributed by atoms with Crippen molar-refractivity contribution < 1.29 is 5.11 Å². The van der Waals surface area contributed by atoms with Gasteiger partial charge in [0.1, 0.15) is 0 Å². The molecule has 3 aliphatic rings. The molecule has 0 aliphatic heterocycles. The topological polar surface area (TPSA) is 20.2 Å². The van der Waals surface area contributed by atoms with Crippen molar-refractivity contribution in [1.82, 2.24) is 0 Å². The SMILES string of the molecule is CC1(C)CC2[C@H]1CC[C@]1(C)CCC[C@@]2(O)C1. The predicted molar refractivity (Wildman–Crippen MR) is 66.1 cm³/mol. The highest BCUT2D eigenvalue weighted by molar-refractivity contribution is 5.10. The van der Waals surface area contributed by atoms with Crippen LogP contribution in [-0.2, 0) is 0 Å². The van der Waals surface area contributed by atoms with Crippen molar-refractivity contribution in [2.75, 3.05) is 0 Å². The Morgan fingerprint density at radius 3 is 2.44 bits per heavy atom. The van der Waals surface area contributed by atoms with Crippen molar-refractivity contribution in [3.05, 3.63) is 0 Å². The molecule has 0 aromatic carbocycles. The van der Waals surface area contributed by atoms with Crippen LogP contribution in [0.1, 0.15) is 65.7 Å². The van der Waals surface area contributed by atoms with Crippen LogP contribution in [-0.4, -0.2) is 10.7 Å². The second-order valence-corrected chi connectivity index (χ2v) is 7.89. The van der Waals surface area contributed by atoms with E-state index in [2.05, 4.69) is 20.8 Å². The maximum Gasteiger partial charge on any atom is 0.0684 e. The van der Waals surface area contributed by atoms with Crippen LogP contribution < -0.4 is 0 Å². The highest BCUT2D eigenvalue weighted by Crippen LogP contribution is 2.64. The van der Waals surface area contributed by atoms with Crippen LogP contribution in [0.25, 0.3) is 0 Å². The molecule has 0 spiro atoms. The molecule has 16 heavy (non-hydrogen) atoms. The van der Waals surface area contributed by atoms with Crippen molar-refractivity contribution in [3.8, 4) is 0 Å². The van der Waals surface area contributed by atoms with Gasteiger partial charge in [0.05, 0.1) is 5.60 Å². The minimum Gasteiger partial charge on any atom is -0.390 e. The van der Waals surface area contributed by atoms with E-state index in [4.69, 9.17) is 0 Å². The predicted octanol–water partition coefficient (Wildman–Crippen LogP) is 3.75.